The van der Waals surface area contributed by atoms with Crippen molar-refractivity contribution in [3.05, 3.63) is 29.8 Å². The lowest BCUT2D eigenvalue weighted by Gasteiger charge is -2.35. The second-order valence-corrected chi connectivity index (χ2v) is 4.94. The van der Waals surface area contributed by atoms with E-state index in [1.165, 1.54) is 6.92 Å². The number of nitrogens with one attached hydrogen (secondary N) is 2. The molecule has 8 heteroatoms. The number of rotatable bonds is 3. The van der Waals surface area contributed by atoms with Gasteiger partial charge in [-0.1, -0.05) is 18.2 Å². The van der Waals surface area contributed by atoms with E-state index in [9.17, 15) is 14.4 Å². The molecule has 0 radical (unpaired) electrons. The minimum Gasteiger partial charge on any atom is -0.449 e. The van der Waals surface area contributed by atoms with Crippen molar-refractivity contribution < 1.29 is 23.9 Å². The molecule has 2 rings (SSSR count). The van der Waals surface area contributed by atoms with Gasteiger partial charge in [-0.3, -0.25) is 4.79 Å². The van der Waals surface area contributed by atoms with Crippen molar-refractivity contribution in [1.82, 2.24) is 10.4 Å². The number of hydrogen-bond donors (Lipinski definition) is 2. The van der Waals surface area contributed by atoms with Crippen molar-refractivity contribution in [1.29, 1.82) is 0 Å². The van der Waals surface area contributed by atoms with E-state index >= 15 is 0 Å². The summed E-state index contributed by atoms with van der Waals surface area (Å²) in [6.07, 6.45) is -1.70. The van der Waals surface area contributed by atoms with Gasteiger partial charge in [0, 0.05) is 11.3 Å². The second kappa shape index (κ2) is 6.55. The Balaban J connectivity index is 2.42. The van der Waals surface area contributed by atoms with E-state index < -0.39 is 23.6 Å². The fourth-order valence-corrected chi connectivity index (χ4v) is 2.39. The van der Waals surface area contributed by atoms with Crippen molar-refractivity contribution >= 4 is 23.8 Å². The monoisotopic (exact) mass is 321 g/mol. The Morgan fingerprint density at radius 3 is 2.52 bits per heavy atom. The third-order valence-electron chi connectivity index (χ3n) is 3.52. The van der Waals surface area contributed by atoms with Crippen LogP contribution in [0.2, 0.25) is 0 Å². The predicted octanol–water partition coefficient (Wildman–Crippen LogP) is 1.97. The van der Waals surface area contributed by atoms with Crippen LogP contribution >= 0.6 is 0 Å². The molecule has 1 aromatic rings. The van der Waals surface area contributed by atoms with Crippen LogP contribution in [0.3, 0.4) is 0 Å². The summed E-state index contributed by atoms with van der Waals surface area (Å²) in [7, 11) is 0. The van der Waals surface area contributed by atoms with E-state index in [2.05, 4.69) is 10.7 Å². The molecule has 1 heterocycles. The van der Waals surface area contributed by atoms with Gasteiger partial charge < -0.3 is 14.8 Å². The highest BCUT2D eigenvalue weighted by Crippen LogP contribution is 2.39. The molecule has 0 aromatic heterocycles. The lowest BCUT2D eigenvalue weighted by atomic mass is 9.93. The van der Waals surface area contributed by atoms with E-state index in [4.69, 9.17) is 9.47 Å². The van der Waals surface area contributed by atoms with Gasteiger partial charge in [0.25, 0.3) is 5.91 Å². The maximum Gasteiger partial charge on any atom is 0.430 e. The summed E-state index contributed by atoms with van der Waals surface area (Å²) in [5.41, 5.74) is 1.96. The number of fused-ring (bicyclic) bond motifs is 1. The molecule has 0 bridgehead atoms. The SMILES string of the molecule is CCOC(=O)NN(C(=O)OCC)[C@@]1(C)C(=O)Nc2ccccc21. The molecule has 0 saturated carbocycles. The maximum absolute atomic E-state index is 12.5. The van der Waals surface area contributed by atoms with Crippen LogP contribution in [0.4, 0.5) is 15.3 Å². The normalized spacial score (nSPS) is 18.7. The number of carbonyl (C=O) groups is 3. The summed E-state index contributed by atoms with van der Waals surface area (Å²) in [5, 5.41) is 3.55. The molecular formula is C15H19N3O5. The molecule has 0 saturated heterocycles. The minimum atomic E-state index is -1.45. The highest BCUT2D eigenvalue weighted by Gasteiger charge is 2.51. The lowest BCUT2D eigenvalue weighted by Crippen LogP contribution is -2.59. The van der Waals surface area contributed by atoms with Crippen LogP contribution < -0.4 is 10.7 Å². The number of amides is 3. The topological polar surface area (TPSA) is 97.0 Å². The first-order valence-corrected chi connectivity index (χ1v) is 7.26. The molecule has 1 aliphatic heterocycles. The van der Waals surface area contributed by atoms with Crippen LogP contribution in [0.5, 0.6) is 0 Å². The number of para-hydroxylation sites is 1. The molecular weight excluding hydrogens is 302 g/mol. The highest BCUT2D eigenvalue weighted by atomic mass is 16.6. The maximum atomic E-state index is 12.5. The zero-order valence-corrected chi connectivity index (χ0v) is 13.2. The van der Waals surface area contributed by atoms with E-state index in [0.29, 0.717) is 11.3 Å². The molecule has 0 aliphatic carbocycles. The zero-order chi connectivity index (χ0) is 17.0. The fourth-order valence-electron chi connectivity index (χ4n) is 2.39. The van der Waals surface area contributed by atoms with E-state index in [1.54, 1.807) is 38.1 Å². The van der Waals surface area contributed by atoms with Crippen molar-refractivity contribution in [2.75, 3.05) is 18.5 Å². The summed E-state index contributed by atoms with van der Waals surface area (Å²) in [5.74, 6) is -0.455. The van der Waals surface area contributed by atoms with Crippen LogP contribution in [0, 0.1) is 0 Å². The summed E-state index contributed by atoms with van der Waals surface area (Å²) in [4.78, 5) is 36.5. The number of ether oxygens (including phenoxy) is 2. The van der Waals surface area contributed by atoms with Crippen LogP contribution in [-0.4, -0.2) is 36.3 Å². The quantitative estimate of drug-likeness (QED) is 0.830. The molecule has 0 unspecified atom stereocenters. The Hall–Kier alpha value is -2.77. The van der Waals surface area contributed by atoms with Crippen molar-refractivity contribution in [3.8, 4) is 0 Å². The van der Waals surface area contributed by atoms with Gasteiger partial charge in [0.15, 0.2) is 5.54 Å². The van der Waals surface area contributed by atoms with Gasteiger partial charge >= 0.3 is 12.2 Å². The summed E-state index contributed by atoms with van der Waals surface area (Å²) >= 11 is 0. The lowest BCUT2D eigenvalue weighted by molar-refractivity contribution is -0.127. The third-order valence-corrected chi connectivity index (χ3v) is 3.52. The van der Waals surface area contributed by atoms with Gasteiger partial charge in [0.05, 0.1) is 13.2 Å². The van der Waals surface area contributed by atoms with Crippen LogP contribution in [0.15, 0.2) is 24.3 Å². The van der Waals surface area contributed by atoms with Gasteiger partial charge in [-0.25, -0.2) is 15.0 Å². The summed E-state index contributed by atoms with van der Waals surface area (Å²) in [6, 6.07) is 6.92. The average Bonchev–Trinajstić information content (AvgIpc) is 2.78. The molecule has 2 N–H and O–H groups in total. The van der Waals surface area contributed by atoms with Crippen LogP contribution in [-0.2, 0) is 19.8 Å². The van der Waals surface area contributed by atoms with E-state index in [0.717, 1.165) is 5.01 Å². The van der Waals surface area contributed by atoms with Crippen molar-refractivity contribution in [3.63, 3.8) is 0 Å². The summed E-state index contributed by atoms with van der Waals surface area (Å²) in [6.45, 7) is 5.01. The van der Waals surface area contributed by atoms with Crippen LogP contribution in [0.25, 0.3) is 0 Å². The average molecular weight is 321 g/mol. The molecule has 8 nitrogen and oxygen atoms in total. The Morgan fingerprint density at radius 2 is 1.87 bits per heavy atom. The molecule has 124 valence electrons. The number of hydrazine groups is 1. The first-order chi connectivity index (χ1) is 10.9. The van der Waals surface area contributed by atoms with Gasteiger partial charge in [-0.2, -0.15) is 5.01 Å². The molecule has 3 amide bonds. The highest BCUT2D eigenvalue weighted by molar-refractivity contribution is 6.07. The first kappa shape index (κ1) is 16.6. The number of nitrogens with zero attached hydrogens (tertiary/aromatic N) is 1. The van der Waals surface area contributed by atoms with Crippen molar-refractivity contribution in [2.24, 2.45) is 0 Å². The molecule has 0 spiro atoms. The van der Waals surface area contributed by atoms with Gasteiger partial charge in [-0.05, 0) is 26.8 Å². The van der Waals surface area contributed by atoms with Crippen molar-refractivity contribution in [2.45, 2.75) is 26.3 Å². The number of carbonyl (C=O) groups excluding carboxylic acids is 3. The minimum absolute atomic E-state index is 0.0964. The Labute approximate surface area is 133 Å². The molecule has 0 fully saturated rings. The molecule has 23 heavy (non-hydrogen) atoms. The van der Waals surface area contributed by atoms with E-state index in [-0.39, 0.29) is 13.2 Å². The Bertz CT molecular complexity index is 633. The number of benzene rings is 1. The predicted molar refractivity (Wildman–Crippen MR) is 81.4 cm³/mol. The third kappa shape index (κ3) is 2.92. The number of anilines is 1. The zero-order valence-electron chi connectivity index (χ0n) is 13.2. The largest absolute Gasteiger partial charge is 0.449 e. The van der Waals surface area contributed by atoms with Crippen LogP contribution in [0.1, 0.15) is 26.3 Å². The molecule has 1 aromatic carbocycles. The molecule has 1 atom stereocenters. The standard InChI is InChI=1S/C15H19N3O5/c1-4-22-13(20)17-18(14(21)23-5-2)15(3)10-8-6-7-9-11(10)16-12(15)19/h6-9H,4-5H2,1-3H3,(H,16,19)(H,17,20)/t15-/m1/s1. The smallest absolute Gasteiger partial charge is 0.430 e. The Kier molecular flexibility index (Phi) is 4.73. The fraction of sp³-hybridized carbons (Fsp3) is 0.400. The first-order valence-electron chi connectivity index (χ1n) is 7.26. The van der Waals surface area contributed by atoms with Gasteiger partial charge in [0.1, 0.15) is 0 Å². The second-order valence-electron chi connectivity index (χ2n) is 4.94. The molecule has 1 aliphatic rings. The van der Waals surface area contributed by atoms with Gasteiger partial charge in [-0.15, -0.1) is 0 Å². The van der Waals surface area contributed by atoms with Gasteiger partial charge in [0.2, 0.25) is 0 Å². The van der Waals surface area contributed by atoms with E-state index in [1.807, 2.05) is 0 Å². The number of hydrogen-bond acceptors (Lipinski definition) is 5. The summed E-state index contributed by atoms with van der Waals surface area (Å²) < 4.78 is 9.76. The Morgan fingerprint density at radius 1 is 1.22 bits per heavy atom.